The van der Waals surface area contributed by atoms with E-state index in [0.29, 0.717) is 10.8 Å². The molecule has 0 atom stereocenters. The number of rotatable bonds is 3. The van der Waals surface area contributed by atoms with E-state index in [9.17, 15) is 9.18 Å². The van der Waals surface area contributed by atoms with Crippen LogP contribution >= 0.6 is 11.3 Å². The van der Waals surface area contributed by atoms with Gasteiger partial charge in [-0.15, -0.1) is 11.3 Å². The van der Waals surface area contributed by atoms with E-state index in [1.54, 1.807) is 12.1 Å². The topological polar surface area (TPSA) is 70.7 Å². The summed E-state index contributed by atoms with van der Waals surface area (Å²) in [5.74, 6) is -0.521. The van der Waals surface area contributed by atoms with Gasteiger partial charge in [-0.1, -0.05) is 0 Å². The van der Waals surface area contributed by atoms with Gasteiger partial charge in [0.15, 0.2) is 10.8 Å². The number of carbonyl (C=O) groups excluding carboxylic acids is 1. The summed E-state index contributed by atoms with van der Waals surface area (Å²) in [6.45, 7) is 1.93. The molecule has 5 nitrogen and oxygen atoms in total. The van der Waals surface area contributed by atoms with Crippen molar-refractivity contribution in [3.63, 3.8) is 0 Å². The van der Waals surface area contributed by atoms with Crippen LogP contribution in [-0.4, -0.2) is 21.1 Å². The van der Waals surface area contributed by atoms with Crippen molar-refractivity contribution in [3.05, 3.63) is 51.9 Å². The Bertz CT molecular complexity index is 929. The van der Waals surface area contributed by atoms with E-state index in [4.69, 9.17) is 0 Å². The van der Waals surface area contributed by atoms with E-state index in [2.05, 4.69) is 20.5 Å². The number of aryl methyl sites for hydroxylation is 2. The van der Waals surface area contributed by atoms with Gasteiger partial charge < -0.3 is 0 Å². The first-order valence-electron chi connectivity index (χ1n) is 8.22. The molecule has 0 fully saturated rings. The quantitative estimate of drug-likeness (QED) is 0.742. The summed E-state index contributed by atoms with van der Waals surface area (Å²) in [5.41, 5.74) is 4.14. The highest BCUT2D eigenvalue weighted by Crippen LogP contribution is 2.31. The van der Waals surface area contributed by atoms with Crippen LogP contribution in [-0.2, 0) is 12.8 Å². The largest absolute Gasteiger partial charge is 0.296 e. The predicted molar refractivity (Wildman–Crippen MR) is 95.4 cm³/mol. The van der Waals surface area contributed by atoms with Crippen molar-refractivity contribution in [2.24, 2.45) is 0 Å². The highest BCUT2D eigenvalue weighted by atomic mass is 32.1. The number of nitrogens with one attached hydrogen (secondary N) is 2. The number of H-pyrrole nitrogens is 1. The van der Waals surface area contributed by atoms with Crippen molar-refractivity contribution in [3.8, 4) is 11.3 Å². The summed E-state index contributed by atoms with van der Waals surface area (Å²) in [6.07, 6.45) is 4.04. The number of hydrogen-bond donors (Lipinski definition) is 2. The summed E-state index contributed by atoms with van der Waals surface area (Å²) < 4.78 is 13.1. The van der Waals surface area contributed by atoms with Crippen LogP contribution in [0.1, 0.15) is 39.5 Å². The van der Waals surface area contributed by atoms with E-state index in [0.717, 1.165) is 53.1 Å². The molecule has 1 aliphatic carbocycles. The average Bonchev–Trinajstić information content (AvgIpc) is 3.19. The predicted octanol–water partition coefficient (Wildman–Crippen LogP) is 4.11. The number of aromatic amines is 1. The average molecular weight is 356 g/mol. The molecule has 0 saturated carbocycles. The maximum atomic E-state index is 13.1. The maximum absolute atomic E-state index is 13.1. The molecular formula is C18H17FN4OS. The van der Waals surface area contributed by atoms with E-state index < -0.39 is 0 Å². The van der Waals surface area contributed by atoms with Crippen LogP contribution < -0.4 is 5.32 Å². The standard InChI is InChI=1S/C18H17FN4OS/c1-10-15(11-6-8-12(19)9-7-11)20-18(25-10)21-17(24)16-13-4-2-3-5-14(13)22-23-16/h6-9H,2-5H2,1H3,(H,22,23)(H,20,21,24). The first-order chi connectivity index (χ1) is 12.1. The van der Waals surface area contributed by atoms with Crippen molar-refractivity contribution in [2.75, 3.05) is 5.32 Å². The van der Waals surface area contributed by atoms with Gasteiger partial charge in [-0.2, -0.15) is 5.10 Å². The molecular weight excluding hydrogens is 339 g/mol. The SMILES string of the molecule is Cc1sc(NC(=O)c2n[nH]c3c2CCCC3)nc1-c1ccc(F)cc1. The molecule has 0 unspecified atom stereocenters. The molecule has 2 N–H and O–H groups in total. The molecule has 25 heavy (non-hydrogen) atoms. The number of aromatic nitrogens is 3. The second-order valence-electron chi connectivity index (χ2n) is 6.12. The number of benzene rings is 1. The Balaban J connectivity index is 1.57. The lowest BCUT2D eigenvalue weighted by atomic mass is 9.96. The summed E-state index contributed by atoms with van der Waals surface area (Å²) in [4.78, 5) is 18.0. The number of thiazole rings is 1. The van der Waals surface area contributed by atoms with Gasteiger partial charge >= 0.3 is 0 Å². The summed E-state index contributed by atoms with van der Waals surface area (Å²) in [7, 11) is 0. The maximum Gasteiger partial charge on any atom is 0.278 e. The third-order valence-corrected chi connectivity index (χ3v) is 5.29. The lowest BCUT2D eigenvalue weighted by molar-refractivity contribution is 0.102. The van der Waals surface area contributed by atoms with Crippen LogP contribution in [0.2, 0.25) is 0 Å². The first kappa shape index (κ1) is 16.0. The summed E-state index contributed by atoms with van der Waals surface area (Å²) in [6, 6.07) is 6.19. The van der Waals surface area contributed by atoms with Gasteiger partial charge in [-0.25, -0.2) is 9.37 Å². The van der Waals surface area contributed by atoms with Crippen LogP contribution in [0.25, 0.3) is 11.3 Å². The first-order valence-corrected chi connectivity index (χ1v) is 9.04. The Morgan fingerprint density at radius 2 is 2.00 bits per heavy atom. The Hall–Kier alpha value is -2.54. The molecule has 0 saturated heterocycles. The number of anilines is 1. The van der Waals surface area contributed by atoms with E-state index in [1.165, 1.54) is 23.5 Å². The fourth-order valence-electron chi connectivity index (χ4n) is 3.15. The zero-order valence-electron chi connectivity index (χ0n) is 13.7. The van der Waals surface area contributed by atoms with Gasteiger partial charge in [0.1, 0.15) is 5.82 Å². The molecule has 3 aromatic rings. The molecule has 128 valence electrons. The minimum Gasteiger partial charge on any atom is -0.296 e. The zero-order chi connectivity index (χ0) is 17.4. The highest BCUT2D eigenvalue weighted by Gasteiger charge is 2.22. The Labute approximate surface area is 148 Å². The number of amides is 1. The fraction of sp³-hybridized carbons (Fsp3) is 0.278. The van der Waals surface area contributed by atoms with Crippen LogP contribution in [0, 0.1) is 12.7 Å². The fourth-order valence-corrected chi connectivity index (χ4v) is 3.98. The molecule has 0 spiro atoms. The summed E-state index contributed by atoms with van der Waals surface area (Å²) >= 11 is 1.40. The van der Waals surface area contributed by atoms with E-state index in [1.807, 2.05) is 6.92 Å². The van der Waals surface area contributed by atoms with Crippen LogP contribution in [0.4, 0.5) is 9.52 Å². The summed E-state index contributed by atoms with van der Waals surface area (Å²) in [5, 5.41) is 10.5. The number of fused-ring (bicyclic) bond motifs is 1. The number of hydrogen-bond acceptors (Lipinski definition) is 4. The van der Waals surface area contributed by atoms with Crippen LogP contribution in [0.15, 0.2) is 24.3 Å². The monoisotopic (exact) mass is 356 g/mol. The van der Waals surface area contributed by atoms with E-state index >= 15 is 0 Å². The Morgan fingerprint density at radius 1 is 1.24 bits per heavy atom. The normalized spacial score (nSPS) is 13.5. The lowest BCUT2D eigenvalue weighted by Gasteiger charge is -2.10. The second-order valence-corrected chi connectivity index (χ2v) is 7.32. The number of carbonyl (C=O) groups is 1. The molecule has 1 aromatic carbocycles. The van der Waals surface area contributed by atoms with Crippen molar-refractivity contribution in [1.29, 1.82) is 0 Å². The molecule has 2 aromatic heterocycles. The van der Waals surface area contributed by atoms with Gasteiger partial charge in [0.2, 0.25) is 0 Å². The molecule has 1 aliphatic rings. The van der Waals surface area contributed by atoms with Gasteiger partial charge in [0.25, 0.3) is 5.91 Å². The Kier molecular flexibility index (Phi) is 4.09. The van der Waals surface area contributed by atoms with Gasteiger partial charge in [-0.05, 0) is 56.9 Å². The smallest absolute Gasteiger partial charge is 0.278 e. The van der Waals surface area contributed by atoms with Crippen LogP contribution in [0.3, 0.4) is 0 Å². The molecule has 0 bridgehead atoms. The molecule has 0 aliphatic heterocycles. The van der Waals surface area contributed by atoms with Gasteiger partial charge in [0, 0.05) is 21.7 Å². The molecule has 7 heteroatoms. The van der Waals surface area contributed by atoms with Gasteiger partial charge in [-0.3, -0.25) is 15.2 Å². The van der Waals surface area contributed by atoms with Crippen molar-refractivity contribution >= 4 is 22.4 Å². The third-order valence-electron chi connectivity index (χ3n) is 4.41. The lowest BCUT2D eigenvalue weighted by Crippen LogP contribution is -2.15. The van der Waals surface area contributed by atoms with E-state index in [-0.39, 0.29) is 11.7 Å². The highest BCUT2D eigenvalue weighted by molar-refractivity contribution is 7.16. The molecule has 1 amide bonds. The Morgan fingerprint density at radius 3 is 2.80 bits per heavy atom. The van der Waals surface area contributed by atoms with Crippen molar-refractivity contribution in [1.82, 2.24) is 15.2 Å². The zero-order valence-corrected chi connectivity index (χ0v) is 14.5. The van der Waals surface area contributed by atoms with Crippen molar-refractivity contribution in [2.45, 2.75) is 32.6 Å². The molecule has 2 heterocycles. The van der Waals surface area contributed by atoms with Crippen LogP contribution in [0.5, 0.6) is 0 Å². The second kappa shape index (κ2) is 6.40. The minimum atomic E-state index is -0.284. The number of nitrogens with zero attached hydrogens (tertiary/aromatic N) is 2. The third kappa shape index (κ3) is 3.07. The minimum absolute atomic E-state index is 0.237. The van der Waals surface area contributed by atoms with Crippen molar-refractivity contribution < 1.29 is 9.18 Å². The van der Waals surface area contributed by atoms with Gasteiger partial charge in [0.05, 0.1) is 5.69 Å². The molecule has 0 radical (unpaired) electrons. The number of halogens is 1. The molecule has 4 rings (SSSR count).